The molecule has 0 amide bonds. The Morgan fingerprint density at radius 2 is 2.10 bits per heavy atom. The molecule has 0 unspecified atom stereocenters. The van der Waals surface area contributed by atoms with E-state index < -0.39 is 0 Å². The molecule has 21 heavy (non-hydrogen) atoms. The summed E-state index contributed by atoms with van der Waals surface area (Å²) < 4.78 is 7.21. The molecule has 0 aliphatic heterocycles. The average molecular weight is 303 g/mol. The van der Waals surface area contributed by atoms with Crippen LogP contribution in [0, 0.1) is 0 Å². The maximum atomic E-state index is 5.86. The summed E-state index contributed by atoms with van der Waals surface area (Å²) in [5.74, 6) is 0. The number of nitrogens with one attached hydrogen (secondary N) is 1. The molecule has 0 bridgehead atoms. The highest BCUT2D eigenvalue weighted by Crippen LogP contribution is 2.32. The summed E-state index contributed by atoms with van der Waals surface area (Å²) in [7, 11) is 0. The summed E-state index contributed by atoms with van der Waals surface area (Å²) in [5.41, 5.74) is 2.51. The topological polar surface area (TPSA) is 21.3 Å². The second kappa shape index (κ2) is 7.74. The van der Waals surface area contributed by atoms with Crippen LogP contribution in [0.2, 0.25) is 0 Å². The summed E-state index contributed by atoms with van der Waals surface area (Å²) in [6.45, 7) is 12.7. The zero-order valence-corrected chi connectivity index (χ0v) is 14.1. The van der Waals surface area contributed by atoms with Crippen LogP contribution in [-0.2, 0) is 17.9 Å². The minimum absolute atomic E-state index is 0.493. The molecular formula is C18H25NOS. The third kappa shape index (κ3) is 4.67. The summed E-state index contributed by atoms with van der Waals surface area (Å²) in [4.78, 5) is 1.39. The van der Waals surface area contributed by atoms with E-state index >= 15 is 0 Å². The Hall–Kier alpha value is -1.16. The Labute approximate surface area is 131 Å². The lowest BCUT2D eigenvalue weighted by Crippen LogP contribution is -2.21. The minimum atomic E-state index is 0.493. The van der Waals surface area contributed by atoms with Crippen molar-refractivity contribution in [3.8, 4) is 0 Å². The van der Waals surface area contributed by atoms with Crippen LogP contribution in [0.25, 0.3) is 10.1 Å². The van der Waals surface area contributed by atoms with Gasteiger partial charge < -0.3 is 10.1 Å². The van der Waals surface area contributed by atoms with Crippen LogP contribution in [0.15, 0.2) is 36.4 Å². The number of fused-ring (bicyclic) bond motifs is 1. The summed E-state index contributed by atoms with van der Waals surface area (Å²) in [6, 6.07) is 9.08. The van der Waals surface area contributed by atoms with Crippen molar-refractivity contribution in [3.63, 3.8) is 0 Å². The minimum Gasteiger partial charge on any atom is -0.376 e. The fourth-order valence-electron chi connectivity index (χ4n) is 2.17. The van der Waals surface area contributed by atoms with Crippen molar-refractivity contribution in [3.05, 3.63) is 46.9 Å². The normalized spacial score (nSPS) is 11.4. The predicted octanol–water partition coefficient (Wildman–Crippen LogP) is 4.88. The van der Waals surface area contributed by atoms with Crippen LogP contribution in [0.4, 0.5) is 0 Å². The van der Waals surface area contributed by atoms with Gasteiger partial charge in [0, 0.05) is 27.7 Å². The van der Waals surface area contributed by atoms with E-state index in [-0.39, 0.29) is 0 Å². The molecule has 0 aliphatic rings. The molecule has 0 spiro atoms. The first-order chi connectivity index (χ1) is 10.1. The first-order valence-corrected chi connectivity index (χ1v) is 8.34. The highest BCUT2D eigenvalue weighted by atomic mass is 32.1. The van der Waals surface area contributed by atoms with Crippen molar-refractivity contribution in [2.45, 2.75) is 46.4 Å². The summed E-state index contributed by atoms with van der Waals surface area (Å²) in [5, 5.41) is 4.84. The highest BCUT2D eigenvalue weighted by Gasteiger charge is 2.12. The molecule has 0 aliphatic carbocycles. The van der Waals surface area contributed by atoms with Crippen molar-refractivity contribution < 1.29 is 4.74 Å². The third-order valence-corrected chi connectivity index (χ3v) is 4.59. The molecule has 114 valence electrons. The fourth-order valence-corrected chi connectivity index (χ4v) is 3.33. The molecule has 0 saturated carbocycles. The molecule has 1 aromatic heterocycles. The molecule has 0 saturated heterocycles. The van der Waals surface area contributed by atoms with Crippen LogP contribution in [0.3, 0.4) is 0 Å². The molecular weight excluding hydrogens is 278 g/mol. The molecule has 2 aromatic rings. The molecule has 2 nitrogen and oxygen atoms in total. The number of benzene rings is 1. The van der Waals surface area contributed by atoms with Gasteiger partial charge in [0.15, 0.2) is 0 Å². The number of thiophene rings is 1. The van der Waals surface area contributed by atoms with E-state index in [9.17, 15) is 0 Å². The van der Waals surface area contributed by atoms with E-state index in [0.717, 1.165) is 19.6 Å². The molecule has 2 rings (SSSR count). The number of rotatable bonds is 8. The van der Waals surface area contributed by atoms with Crippen molar-refractivity contribution in [2.75, 3.05) is 6.61 Å². The third-order valence-electron chi connectivity index (χ3n) is 3.37. The van der Waals surface area contributed by atoms with Gasteiger partial charge in [0.25, 0.3) is 0 Å². The van der Waals surface area contributed by atoms with E-state index in [1.54, 1.807) is 0 Å². The molecule has 0 fully saturated rings. The van der Waals surface area contributed by atoms with E-state index in [4.69, 9.17) is 4.74 Å². The molecule has 1 aromatic carbocycles. The van der Waals surface area contributed by atoms with Gasteiger partial charge in [-0.05, 0) is 24.8 Å². The quantitative estimate of drug-likeness (QED) is 0.554. The lowest BCUT2D eigenvalue weighted by Gasteiger charge is -2.10. The molecule has 1 N–H and O–H groups in total. The maximum absolute atomic E-state index is 5.86. The Kier molecular flexibility index (Phi) is 5.97. The lowest BCUT2D eigenvalue weighted by molar-refractivity contribution is 0.124. The smallest absolute Gasteiger partial charge is 0.0734 e. The van der Waals surface area contributed by atoms with E-state index in [1.807, 2.05) is 18.3 Å². The largest absolute Gasteiger partial charge is 0.376 e. The van der Waals surface area contributed by atoms with Crippen LogP contribution < -0.4 is 5.32 Å². The monoisotopic (exact) mass is 303 g/mol. The van der Waals surface area contributed by atoms with Crippen molar-refractivity contribution in [1.82, 2.24) is 5.32 Å². The molecule has 3 heteroatoms. The molecule has 1 heterocycles. The standard InChI is InChI=1S/C18H25NOS/c1-13(2)9-10-20-12-16-15-7-5-6-8-17(15)21-18(16)11-19-14(3)4/h5-8,14,19H,1,9-12H2,2-4H3. The first-order valence-electron chi connectivity index (χ1n) is 7.52. The Balaban J connectivity index is 2.13. The SMILES string of the molecule is C=C(C)CCOCc1c(CNC(C)C)sc2ccccc12. The first kappa shape index (κ1) is 16.2. The lowest BCUT2D eigenvalue weighted by atomic mass is 10.1. The van der Waals surface area contributed by atoms with Crippen LogP contribution in [-0.4, -0.2) is 12.6 Å². The second-order valence-corrected chi connectivity index (χ2v) is 6.93. The number of ether oxygens (including phenoxy) is 1. The van der Waals surface area contributed by atoms with E-state index in [1.165, 1.54) is 26.1 Å². The van der Waals surface area contributed by atoms with E-state index in [0.29, 0.717) is 12.6 Å². The van der Waals surface area contributed by atoms with Gasteiger partial charge in [0.2, 0.25) is 0 Å². The summed E-state index contributed by atoms with van der Waals surface area (Å²) in [6.07, 6.45) is 0.932. The Bertz CT molecular complexity index is 600. The van der Waals surface area contributed by atoms with Gasteiger partial charge >= 0.3 is 0 Å². The van der Waals surface area contributed by atoms with Gasteiger partial charge in [0.05, 0.1) is 13.2 Å². The Morgan fingerprint density at radius 1 is 1.33 bits per heavy atom. The van der Waals surface area contributed by atoms with Crippen molar-refractivity contribution >= 4 is 21.4 Å². The van der Waals surface area contributed by atoms with Gasteiger partial charge in [0.1, 0.15) is 0 Å². The van der Waals surface area contributed by atoms with Gasteiger partial charge in [-0.1, -0.05) is 37.6 Å². The highest BCUT2D eigenvalue weighted by molar-refractivity contribution is 7.19. The van der Waals surface area contributed by atoms with Crippen LogP contribution in [0.5, 0.6) is 0 Å². The number of hydrogen-bond donors (Lipinski definition) is 1. The summed E-state index contributed by atoms with van der Waals surface area (Å²) >= 11 is 1.87. The zero-order valence-electron chi connectivity index (χ0n) is 13.2. The maximum Gasteiger partial charge on any atom is 0.0734 e. The number of hydrogen-bond acceptors (Lipinski definition) is 3. The van der Waals surface area contributed by atoms with Gasteiger partial charge in [-0.15, -0.1) is 17.9 Å². The fraction of sp³-hybridized carbons (Fsp3) is 0.444. The second-order valence-electron chi connectivity index (χ2n) is 5.80. The van der Waals surface area contributed by atoms with E-state index in [2.05, 4.69) is 50.0 Å². The van der Waals surface area contributed by atoms with Crippen molar-refractivity contribution in [2.24, 2.45) is 0 Å². The van der Waals surface area contributed by atoms with Gasteiger partial charge in [-0.25, -0.2) is 0 Å². The predicted molar refractivity (Wildman–Crippen MR) is 92.9 cm³/mol. The Morgan fingerprint density at radius 3 is 2.81 bits per heavy atom. The van der Waals surface area contributed by atoms with Gasteiger partial charge in [-0.3, -0.25) is 0 Å². The average Bonchev–Trinajstić information content (AvgIpc) is 2.79. The van der Waals surface area contributed by atoms with Gasteiger partial charge in [-0.2, -0.15) is 0 Å². The molecule has 0 radical (unpaired) electrons. The van der Waals surface area contributed by atoms with Crippen LogP contribution >= 0.6 is 11.3 Å². The molecule has 0 atom stereocenters. The zero-order chi connectivity index (χ0) is 15.2. The van der Waals surface area contributed by atoms with Crippen molar-refractivity contribution in [1.29, 1.82) is 0 Å². The van der Waals surface area contributed by atoms with Crippen LogP contribution in [0.1, 0.15) is 37.6 Å².